The van der Waals surface area contributed by atoms with Crippen LogP contribution in [-0.2, 0) is 0 Å². The lowest BCUT2D eigenvalue weighted by atomic mass is 10.1. The summed E-state index contributed by atoms with van der Waals surface area (Å²) in [6.07, 6.45) is 1.48. The molecule has 0 radical (unpaired) electrons. The molecule has 0 atom stereocenters. The SMILES string of the molecule is O=C(CSc1nc[nH]n1)c1ccc(Cl)cc1. The van der Waals surface area contributed by atoms with Gasteiger partial charge in [-0.2, -0.15) is 0 Å². The molecule has 6 heteroatoms. The third-order valence-electron chi connectivity index (χ3n) is 1.89. The molecule has 1 aromatic heterocycles. The largest absolute Gasteiger partial charge is 0.293 e. The van der Waals surface area contributed by atoms with Crippen LogP contribution >= 0.6 is 23.4 Å². The maximum Gasteiger partial charge on any atom is 0.208 e. The van der Waals surface area contributed by atoms with Crippen molar-refractivity contribution in [2.45, 2.75) is 5.16 Å². The maximum atomic E-state index is 11.7. The molecule has 0 aliphatic heterocycles. The fourth-order valence-electron chi connectivity index (χ4n) is 1.12. The molecule has 1 heterocycles. The van der Waals surface area contributed by atoms with Crippen LogP contribution in [0.4, 0.5) is 0 Å². The molecule has 0 saturated carbocycles. The summed E-state index contributed by atoms with van der Waals surface area (Å²) in [7, 11) is 0. The number of thioether (sulfide) groups is 1. The molecule has 1 aromatic carbocycles. The van der Waals surface area contributed by atoms with Gasteiger partial charge in [0.2, 0.25) is 5.16 Å². The van der Waals surface area contributed by atoms with E-state index in [1.54, 1.807) is 24.3 Å². The molecule has 2 rings (SSSR count). The Kier molecular flexibility index (Phi) is 3.58. The maximum absolute atomic E-state index is 11.7. The number of Topliss-reactive ketones (excluding diaryl/α,β-unsaturated/α-hetero) is 1. The van der Waals surface area contributed by atoms with Gasteiger partial charge in [-0.1, -0.05) is 23.4 Å². The van der Waals surface area contributed by atoms with Gasteiger partial charge in [0.05, 0.1) is 5.75 Å². The van der Waals surface area contributed by atoms with Crippen molar-refractivity contribution in [3.05, 3.63) is 41.2 Å². The lowest BCUT2D eigenvalue weighted by Crippen LogP contribution is -2.02. The van der Waals surface area contributed by atoms with Gasteiger partial charge in [0.15, 0.2) is 5.78 Å². The standard InChI is InChI=1S/C10H8ClN3OS/c11-8-3-1-7(2-4-8)9(15)5-16-10-12-6-13-14-10/h1-4,6H,5H2,(H,12,13,14). The van der Waals surface area contributed by atoms with Crippen molar-refractivity contribution in [2.75, 3.05) is 5.75 Å². The monoisotopic (exact) mass is 253 g/mol. The molecule has 4 nitrogen and oxygen atoms in total. The first-order chi connectivity index (χ1) is 7.75. The zero-order chi connectivity index (χ0) is 11.4. The zero-order valence-electron chi connectivity index (χ0n) is 8.18. The van der Waals surface area contributed by atoms with E-state index in [0.29, 0.717) is 21.5 Å². The Balaban J connectivity index is 1.95. The number of ketones is 1. The van der Waals surface area contributed by atoms with Crippen LogP contribution in [0.3, 0.4) is 0 Å². The van der Waals surface area contributed by atoms with Gasteiger partial charge < -0.3 is 0 Å². The number of aromatic nitrogens is 3. The second-order valence-electron chi connectivity index (χ2n) is 3.00. The third kappa shape index (κ3) is 2.84. The number of H-pyrrole nitrogens is 1. The number of benzene rings is 1. The van der Waals surface area contributed by atoms with E-state index in [4.69, 9.17) is 11.6 Å². The topological polar surface area (TPSA) is 58.6 Å². The first-order valence-electron chi connectivity index (χ1n) is 4.53. The minimum atomic E-state index is 0.0338. The van der Waals surface area contributed by atoms with Gasteiger partial charge in [-0.05, 0) is 24.3 Å². The van der Waals surface area contributed by atoms with Gasteiger partial charge in [0.25, 0.3) is 0 Å². The average molecular weight is 254 g/mol. The van der Waals surface area contributed by atoms with Crippen LogP contribution < -0.4 is 0 Å². The van der Waals surface area contributed by atoms with Crippen LogP contribution in [-0.4, -0.2) is 26.7 Å². The van der Waals surface area contributed by atoms with Crippen LogP contribution in [0, 0.1) is 0 Å². The summed E-state index contributed by atoms with van der Waals surface area (Å²) in [6.45, 7) is 0. The highest BCUT2D eigenvalue weighted by atomic mass is 35.5. The fraction of sp³-hybridized carbons (Fsp3) is 0.100. The van der Waals surface area contributed by atoms with Crippen LogP contribution in [0.25, 0.3) is 0 Å². The summed E-state index contributed by atoms with van der Waals surface area (Å²) in [4.78, 5) is 15.6. The van der Waals surface area contributed by atoms with Gasteiger partial charge >= 0.3 is 0 Å². The third-order valence-corrected chi connectivity index (χ3v) is 3.00. The quantitative estimate of drug-likeness (QED) is 0.672. The van der Waals surface area contributed by atoms with Gasteiger partial charge in [-0.3, -0.25) is 9.89 Å². The fourth-order valence-corrected chi connectivity index (χ4v) is 1.91. The van der Waals surface area contributed by atoms with E-state index in [1.807, 2.05) is 0 Å². The Morgan fingerprint density at radius 2 is 2.12 bits per heavy atom. The van der Waals surface area contributed by atoms with E-state index in [0.717, 1.165) is 0 Å². The first kappa shape index (κ1) is 11.2. The first-order valence-corrected chi connectivity index (χ1v) is 5.89. The molecule has 1 N–H and O–H groups in total. The molecule has 82 valence electrons. The zero-order valence-corrected chi connectivity index (χ0v) is 9.76. The smallest absolute Gasteiger partial charge is 0.208 e. The van der Waals surface area contributed by atoms with E-state index in [2.05, 4.69) is 15.2 Å². The molecule has 16 heavy (non-hydrogen) atoms. The van der Waals surface area contributed by atoms with E-state index in [9.17, 15) is 4.79 Å². The van der Waals surface area contributed by atoms with Crippen molar-refractivity contribution < 1.29 is 4.79 Å². The number of carbonyl (C=O) groups excluding carboxylic acids is 1. The van der Waals surface area contributed by atoms with E-state index < -0.39 is 0 Å². The van der Waals surface area contributed by atoms with Gasteiger partial charge in [-0.15, -0.1) is 5.10 Å². The van der Waals surface area contributed by atoms with Crippen molar-refractivity contribution >= 4 is 29.1 Å². The highest BCUT2D eigenvalue weighted by Crippen LogP contribution is 2.15. The molecule has 0 spiro atoms. The lowest BCUT2D eigenvalue weighted by molar-refractivity contribution is 0.102. The van der Waals surface area contributed by atoms with Crippen molar-refractivity contribution in [1.29, 1.82) is 0 Å². The number of hydrogen-bond donors (Lipinski definition) is 1. The molecule has 0 amide bonds. The molecule has 2 aromatic rings. The summed E-state index contributed by atoms with van der Waals surface area (Å²) in [5.41, 5.74) is 0.646. The van der Waals surface area contributed by atoms with Crippen molar-refractivity contribution in [2.24, 2.45) is 0 Å². The molecule has 0 unspecified atom stereocenters. The highest BCUT2D eigenvalue weighted by molar-refractivity contribution is 7.99. The number of hydrogen-bond acceptors (Lipinski definition) is 4. The van der Waals surface area contributed by atoms with Crippen molar-refractivity contribution in [1.82, 2.24) is 15.2 Å². The Hall–Kier alpha value is -1.33. The second-order valence-corrected chi connectivity index (χ2v) is 4.38. The van der Waals surface area contributed by atoms with Crippen LogP contribution in [0.5, 0.6) is 0 Å². The summed E-state index contributed by atoms with van der Waals surface area (Å²) >= 11 is 7.03. The molecule has 0 fully saturated rings. The molecular weight excluding hydrogens is 246 g/mol. The Morgan fingerprint density at radius 3 is 2.75 bits per heavy atom. The van der Waals surface area contributed by atoms with E-state index in [1.165, 1.54) is 18.1 Å². The molecule has 0 saturated heterocycles. The normalized spacial score (nSPS) is 10.3. The average Bonchev–Trinajstić information content (AvgIpc) is 2.80. The minimum Gasteiger partial charge on any atom is -0.293 e. The van der Waals surface area contributed by atoms with Crippen LogP contribution in [0.2, 0.25) is 5.02 Å². The second kappa shape index (κ2) is 5.14. The molecule has 0 bridgehead atoms. The Bertz CT molecular complexity index is 469. The Morgan fingerprint density at radius 1 is 1.38 bits per heavy atom. The molecule has 0 aliphatic rings. The number of carbonyl (C=O) groups is 1. The number of nitrogens with one attached hydrogen (secondary N) is 1. The number of rotatable bonds is 4. The molecule has 0 aliphatic carbocycles. The number of halogens is 1. The summed E-state index contributed by atoms with van der Waals surface area (Å²) in [6, 6.07) is 6.82. The predicted octanol–water partition coefficient (Wildman–Crippen LogP) is 2.43. The van der Waals surface area contributed by atoms with E-state index >= 15 is 0 Å². The van der Waals surface area contributed by atoms with Gasteiger partial charge in [0, 0.05) is 10.6 Å². The number of aromatic amines is 1. The van der Waals surface area contributed by atoms with Gasteiger partial charge in [0.1, 0.15) is 6.33 Å². The lowest BCUT2D eigenvalue weighted by Gasteiger charge is -1.98. The minimum absolute atomic E-state index is 0.0338. The highest BCUT2D eigenvalue weighted by Gasteiger charge is 2.07. The summed E-state index contributed by atoms with van der Waals surface area (Å²) < 4.78 is 0. The summed E-state index contributed by atoms with van der Waals surface area (Å²) in [5, 5.41) is 7.63. The number of nitrogens with zero attached hydrogens (tertiary/aromatic N) is 2. The van der Waals surface area contributed by atoms with E-state index in [-0.39, 0.29) is 5.78 Å². The van der Waals surface area contributed by atoms with Crippen molar-refractivity contribution in [3.8, 4) is 0 Å². The van der Waals surface area contributed by atoms with Gasteiger partial charge in [-0.25, -0.2) is 4.98 Å². The molecular formula is C10H8ClN3OS. The Labute approximate surface area is 101 Å². The van der Waals surface area contributed by atoms with Crippen LogP contribution in [0.15, 0.2) is 35.7 Å². The summed E-state index contributed by atoms with van der Waals surface area (Å²) in [5.74, 6) is 0.353. The predicted molar refractivity (Wildman–Crippen MR) is 62.9 cm³/mol. The van der Waals surface area contributed by atoms with Crippen LogP contribution in [0.1, 0.15) is 10.4 Å². The van der Waals surface area contributed by atoms with Crippen molar-refractivity contribution in [3.63, 3.8) is 0 Å².